The largest absolute Gasteiger partial charge is 0.465 e. The number of methoxy groups -OCH3 is 1. The average Bonchev–Trinajstić information content (AvgIpc) is 2.95. The molecular formula is C24H19N3O4. The molecule has 31 heavy (non-hydrogen) atoms. The van der Waals surface area contributed by atoms with E-state index in [0.29, 0.717) is 22.5 Å². The molecule has 3 aromatic rings. The molecule has 1 unspecified atom stereocenters. The zero-order valence-corrected chi connectivity index (χ0v) is 16.7. The number of benzodiazepines with no additional fused rings is 1. The van der Waals surface area contributed by atoms with Crippen LogP contribution in [0.15, 0.2) is 83.9 Å². The van der Waals surface area contributed by atoms with Gasteiger partial charge < -0.3 is 15.4 Å². The second-order valence-electron chi connectivity index (χ2n) is 6.82. The van der Waals surface area contributed by atoms with Gasteiger partial charge in [0.2, 0.25) is 6.17 Å². The van der Waals surface area contributed by atoms with Crippen LogP contribution >= 0.6 is 0 Å². The minimum Gasteiger partial charge on any atom is -0.465 e. The Hall–Kier alpha value is -4.26. The molecule has 1 aliphatic heterocycles. The number of benzene rings is 3. The number of ether oxygens (including phenoxy) is 1. The number of rotatable bonds is 4. The van der Waals surface area contributed by atoms with Gasteiger partial charge in [0.1, 0.15) is 0 Å². The van der Waals surface area contributed by atoms with Crippen LogP contribution < -0.4 is 10.6 Å². The summed E-state index contributed by atoms with van der Waals surface area (Å²) < 4.78 is 4.66. The predicted octanol–water partition coefficient (Wildman–Crippen LogP) is 3.02. The Morgan fingerprint density at radius 3 is 2.26 bits per heavy atom. The van der Waals surface area contributed by atoms with E-state index in [4.69, 9.17) is 0 Å². The van der Waals surface area contributed by atoms with Crippen molar-refractivity contribution in [2.24, 2.45) is 4.99 Å². The summed E-state index contributed by atoms with van der Waals surface area (Å²) in [6.45, 7) is 0. The van der Waals surface area contributed by atoms with Crippen LogP contribution in [0.2, 0.25) is 0 Å². The van der Waals surface area contributed by atoms with Crippen LogP contribution in [0.4, 0.5) is 5.69 Å². The van der Waals surface area contributed by atoms with E-state index in [2.05, 4.69) is 20.4 Å². The number of carbonyl (C=O) groups excluding carboxylic acids is 3. The quantitative estimate of drug-likeness (QED) is 0.643. The lowest BCUT2D eigenvalue weighted by atomic mass is 10.0. The summed E-state index contributed by atoms with van der Waals surface area (Å²) in [5.41, 5.74) is 3.43. The third-order valence-corrected chi connectivity index (χ3v) is 4.83. The molecule has 1 aliphatic rings. The summed E-state index contributed by atoms with van der Waals surface area (Å²) in [5.74, 6) is -1.43. The number of fused-ring (bicyclic) bond motifs is 1. The monoisotopic (exact) mass is 413 g/mol. The van der Waals surface area contributed by atoms with Crippen LogP contribution in [0.1, 0.15) is 31.8 Å². The lowest BCUT2D eigenvalue weighted by Crippen LogP contribution is -2.42. The zero-order chi connectivity index (χ0) is 21.8. The number of nitrogens with zero attached hydrogens (tertiary/aromatic N) is 1. The summed E-state index contributed by atoms with van der Waals surface area (Å²) in [6, 6.07) is 22.8. The molecule has 1 atom stereocenters. The van der Waals surface area contributed by atoms with Gasteiger partial charge in [-0.25, -0.2) is 9.79 Å². The van der Waals surface area contributed by atoms with Gasteiger partial charge in [-0.3, -0.25) is 9.59 Å². The van der Waals surface area contributed by atoms with Gasteiger partial charge in [0.25, 0.3) is 11.8 Å². The van der Waals surface area contributed by atoms with Crippen molar-refractivity contribution in [1.29, 1.82) is 0 Å². The number of nitrogens with one attached hydrogen (secondary N) is 2. The Morgan fingerprint density at radius 2 is 1.55 bits per heavy atom. The van der Waals surface area contributed by atoms with Crippen LogP contribution in [-0.2, 0) is 9.53 Å². The molecule has 2 N–H and O–H groups in total. The second kappa shape index (κ2) is 8.62. The molecule has 0 aromatic heterocycles. The topological polar surface area (TPSA) is 96.9 Å². The molecule has 1 heterocycles. The molecule has 7 heteroatoms. The molecule has 0 radical (unpaired) electrons. The molecule has 7 nitrogen and oxygen atoms in total. The molecule has 0 bridgehead atoms. The van der Waals surface area contributed by atoms with Crippen LogP contribution in [0.25, 0.3) is 0 Å². The third kappa shape index (κ3) is 4.20. The zero-order valence-electron chi connectivity index (χ0n) is 16.7. The highest BCUT2D eigenvalue weighted by molar-refractivity contribution is 6.20. The SMILES string of the molecule is COC(=O)c1ccc(C(=O)NC2N=C(c3ccccc3)c3ccccc3NC2=O)cc1. The van der Waals surface area contributed by atoms with E-state index in [-0.39, 0.29) is 0 Å². The maximum atomic E-state index is 12.8. The lowest BCUT2D eigenvalue weighted by molar-refractivity contribution is -0.117. The van der Waals surface area contributed by atoms with Gasteiger partial charge in [-0.05, 0) is 30.3 Å². The van der Waals surface area contributed by atoms with Crippen molar-refractivity contribution >= 4 is 29.2 Å². The maximum Gasteiger partial charge on any atom is 0.337 e. The number of esters is 1. The molecule has 154 valence electrons. The fourth-order valence-electron chi connectivity index (χ4n) is 3.26. The van der Waals surface area contributed by atoms with Gasteiger partial charge in [0.05, 0.1) is 24.1 Å². The molecule has 3 aromatic carbocycles. The van der Waals surface area contributed by atoms with Crippen molar-refractivity contribution in [3.8, 4) is 0 Å². The second-order valence-corrected chi connectivity index (χ2v) is 6.82. The van der Waals surface area contributed by atoms with Gasteiger partial charge in [-0.1, -0.05) is 48.5 Å². The number of carbonyl (C=O) groups is 3. The molecule has 0 saturated carbocycles. The van der Waals surface area contributed by atoms with Crippen LogP contribution in [0.5, 0.6) is 0 Å². The van der Waals surface area contributed by atoms with E-state index in [1.807, 2.05) is 48.5 Å². The number of amides is 2. The van der Waals surface area contributed by atoms with E-state index in [9.17, 15) is 14.4 Å². The number of aliphatic imine (C=N–C) groups is 1. The first-order valence-electron chi connectivity index (χ1n) is 9.59. The Labute approximate surface area is 178 Å². The van der Waals surface area contributed by atoms with E-state index >= 15 is 0 Å². The van der Waals surface area contributed by atoms with Crippen molar-refractivity contribution in [3.05, 3.63) is 101 Å². The van der Waals surface area contributed by atoms with Crippen molar-refractivity contribution < 1.29 is 19.1 Å². The van der Waals surface area contributed by atoms with Crippen molar-refractivity contribution in [1.82, 2.24) is 5.32 Å². The van der Waals surface area contributed by atoms with E-state index in [1.54, 1.807) is 6.07 Å². The fourth-order valence-corrected chi connectivity index (χ4v) is 3.26. The minimum absolute atomic E-state index is 0.290. The van der Waals surface area contributed by atoms with Crippen LogP contribution in [0.3, 0.4) is 0 Å². The smallest absolute Gasteiger partial charge is 0.337 e. The lowest BCUT2D eigenvalue weighted by Gasteiger charge is -2.13. The Kier molecular flexibility index (Phi) is 5.57. The molecule has 4 rings (SSSR count). The van der Waals surface area contributed by atoms with E-state index in [0.717, 1.165) is 11.1 Å². The van der Waals surface area contributed by atoms with Gasteiger partial charge >= 0.3 is 5.97 Å². The summed E-state index contributed by atoms with van der Waals surface area (Å²) >= 11 is 0. The molecule has 2 amide bonds. The van der Waals surface area contributed by atoms with Crippen LogP contribution in [0, 0.1) is 0 Å². The number of hydrogen-bond donors (Lipinski definition) is 2. The Balaban J connectivity index is 1.65. The molecule has 0 aliphatic carbocycles. The summed E-state index contributed by atoms with van der Waals surface area (Å²) in [4.78, 5) is 41.7. The molecule has 0 saturated heterocycles. The van der Waals surface area contributed by atoms with E-state index < -0.39 is 23.9 Å². The standard InChI is InChI=1S/C24H19N3O4/c1-31-24(30)17-13-11-16(12-14-17)22(28)27-21-23(29)25-19-10-6-5-9-18(19)20(26-21)15-7-3-2-4-8-15/h2-14,21H,1H3,(H,25,29)(H,27,28). The Bertz CT molecular complexity index is 1170. The highest BCUT2D eigenvalue weighted by atomic mass is 16.5. The number of para-hydroxylation sites is 1. The first-order valence-corrected chi connectivity index (χ1v) is 9.59. The average molecular weight is 413 g/mol. The summed E-state index contributed by atoms with van der Waals surface area (Å²) in [6.07, 6.45) is -1.13. The van der Waals surface area contributed by atoms with Crippen LogP contribution in [-0.4, -0.2) is 36.8 Å². The van der Waals surface area contributed by atoms with Gasteiger partial charge in [0, 0.05) is 16.7 Å². The summed E-state index contributed by atoms with van der Waals surface area (Å²) in [5, 5.41) is 5.50. The van der Waals surface area contributed by atoms with Crippen molar-refractivity contribution in [2.75, 3.05) is 12.4 Å². The third-order valence-electron chi connectivity index (χ3n) is 4.83. The van der Waals surface area contributed by atoms with Crippen molar-refractivity contribution in [3.63, 3.8) is 0 Å². The van der Waals surface area contributed by atoms with Gasteiger partial charge in [-0.2, -0.15) is 0 Å². The van der Waals surface area contributed by atoms with E-state index in [1.165, 1.54) is 31.4 Å². The molecule has 0 spiro atoms. The predicted molar refractivity (Wildman–Crippen MR) is 116 cm³/mol. The van der Waals surface area contributed by atoms with Crippen molar-refractivity contribution in [2.45, 2.75) is 6.17 Å². The fraction of sp³-hybridized carbons (Fsp3) is 0.0833. The maximum absolute atomic E-state index is 12.8. The normalized spacial score (nSPS) is 15.1. The Morgan fingerprint density at radius 1 is 0.903 bits per heavy atom. The van der Waals surface area contributed by atoms with Gasteiger partial charge in [0.15, 0.2) is 0 Å². The number of hydrogen-bond acceptors (Lipinski definition) is 5. The molecule has 0 fully saturated rings. The minimum atomic E-state index is -1.13. The first-order chi connectivity index (χ1) is 15.1. The molecular weight excluding hydrogens is 394 g/mol. The number of anilines is 1. The summed E-state index contributed by atoms with van der Waals surface area (Å²) in [7, 11) is 1.29. The first kappa shape index (κ1) is 20.0. The highest BCUT2D eigenvalue weighted by Crippen LogP contribution is 2.23. The van der Waals surface area contributed by atoms with Gasteiger partial charge in [-0.15, -0.1) is 0 Å². The highest BCUT2D eigenvalue weighted by Gasteiger charge is 2.27.